The van der Waals surface area contributed by atoms with Crippen LogP contribution in [0.1, 0.15) is 0 Å². The number of rotatable bonds is 0. The second kappa shape index (κ2) is 22.4. The fourth-order valence-corrected chi connectivity index (χ4v) is 0. The molecule has 0 aromatic carbocycles. The second-order valence-electron chi connectivity index (χ2n) is 0.214. The average Bonchev–Trinajstić information content (AvgIpc) is 0.811. The summed E-state index contributed by atoms with van der Waals surface area (Å²) in [5.74, 6) is 15.1. The maximum absolute atomic E-state index is 5.02. The van der Waals surface area contributed by atoms with Gasteiger partial charge in [-0.3, -0.25) is 0 Å². The van der Waals surface area contributed by atoms with E-state index in [0.717, 1.165) is 0 Å². The molecule has 0 bridgehead atoms. The van der Waals surface area contributed by atoms with Crippen LogP contribution in [0, 0.1) is 29.9 Å². The minimum Gasteiger partial charge on any atom is 1.00 e. The summed E-state index contributed by atoms with van der Waals surface area (Å²) in [5, 5.41) is 0. The molecule has 0 aromatic heterocycles. The summed E-state index contributed by atoms with van der Waals surface area (Å²) in [6.45, 7) is 0. The van der Waals surface area contributed by atoms with Gasteiger partial charge in [0, 0.05) is 0 Å². The summed E-state index contributed by atoms with van der Waals surface area (Å²) in [6.07, 6.45) is 0. The van der Waals surface area contributed by atoms with Gasteiger partial charge in [-0.05, 0) is 0 Å². The van der Waals surface area contributed by atoms with Crippen LogP contribution in [-0.2, 0) is 0 Å². The van der Waals surface area contributed by atoms with Crippen LogP contribution in [0.5, 0.6) is 0 Å². The van der Waals surface area contributed by atoms with E-state index in [1.165, 1.54) is 0 Å². The predicted molar refractivity (Wildman–Crippen MR) is 17.6 cm³/mol. The Morgan fingerprint density at radius 1 is 0.750 bits per heavy atom. The Hall–Kier alpha value is 4.00. The van der Waals surface area contributed by atoms with Crippen molar-refractivity contribution in [2.24, 2.45) is 0 Å². The molecule has 0 saturated carbocycles. The molecule has 0 amide bonds. The van der Waals surface area contributed by atoms with Crippen molar-refractivity contribution < 1.29 is 92.5 Å². The van der Waals surface area contributed by atoms with E-state index in [4.69, 9.17) is 17.4 Å². The largest absolute Gasteiger partial charge is 1.00 e. The third-order valence-electron chi connectivity index (χ3n) is 0. The van der Waals surface area contributed by atoms with Gasteiger partial charge in [0.25, 0.3) is 0 Å². The molecule has 0 spiro atoms. The molecule has 0 atom stereocenters. The third-order valence-corrected chi connectivity index (χ3v) is 0. The van der Waals surface area contributed by atoms with Crippen LogP contribution in [0.4, 0.5) is 0 Å². The average molecular weight is 335 g/mol. The zero-order chi connectivity index (χ0) is 3.58. The van der Waals surface area contributed by atoms with Crippen LogP contribution >= 0.6 is 17.4 Å². The van der Waals surface area contributed by atoms with Gasteiger partial charge in [0.15, 0.2) is 0 Å². The van der Waals surface area contributed by atoms with Crippen LogP contribution in [0.2, 0.25) is 0 Å². The van der Waals surface area contributed by atoms with E-state index >= 15 is 0 Å². The van der Waals surface area contributed by atoms with E-state index in [2.05, 4.69) is 0 Å². The standard InChI is InChI=1S/5ClH.2Li.Nd/h5*1H;;;/q;;;;;2*+1;+3/p-5. The van der Waals surface area contributed by atoms with Crippen molar-refractivity contribution in [1.82, 2.24) is 0 Å². The van der Waals surface area contributed by atoms with E-state index in [1.807, 2.05) is 0 Å². The Balaban J connectivity index is -0.00000000750. The summed E-state index contributed by atoms with van der Waals surface area (Å²) in [5.41, 5.74) is 0. The van der Waals surface area contributed by atoms with Gasteiger partial charge in [-0.25, -0.2) is 0 Å². The fourth-order valence-electron chi connectivity index (χ4n) is 0. The summed E-state index contributed by atoms with van der Waals surface area (Å²) in [6, 6.07) is 0. The van der Waals surface area contributed by atoms with Crippen LogP contribution in [-0.4, -0.2) is 0 Å². The van der Waals surface area contributed by atoms with Crippen molar-refractivity contribution in [1.29, 1.82) is 0 Å². The van der Waals surface area contributed by atoms with E-state index in [-0.39, 0.29) is 62.5 Å². The smallest absolute Gasteiger partial charge is 1.00 e. The second-order valence-corrected chi connectivity index (χ2v) is 14.3. The molecule has 0 unspecified atom stereocenters. The summed E-state index contributed by atoms with van der Waals surface area (Å²) < 4.78 is 0. The predicted octanol–water partition coefficient (Wildman–Crippen LogP) is -9.92. The van der Waals surface area contributed by atoms with Crippen molar-refractivity contribution >= 4 is 17.4 Å². The zero-order valence-corrected chi connectivity index (χ0v) is 11.4. The Labute approximate surface area is 107 Å². The number of hydrogen-bond acceptors (Lipinski definition) is 0. The Bertz CT molecular complexity index is 15.1. The molecular formula is Cl5Li2Nd. The monoisotopic (exact) mass is 331 g/mol. The van der Waals surface area contributed by atoms with Crippen LogP contribution in [0.25, 0.3) is 0 Å². The van der Waals surface area contributed by atoms with Crippen LogP contribution in [0.15, 0.2) is 0 Å². The SMILES string of the molecule is [Cl-].[Cl-].[Cl][Nd]([Cl])[Cl].[Li+].[Li+]. The molecule has 0 radical (unpaired) electrons. The summed E-state index contributed by atoms with van der Waals surface area (Å²) in [4.78, 5) is 0. The third kappa shape index (κ3) is 50.7. The number of halogens is 5. The molecule has 0 aliphatic carbocycles. The van der Waals surface area contributed by atoms with Crippen LogP contribution in [0.3, 0.4) is 0 Å². The maximum atomic E-state index is 5.02. The van der Waals surface area contributed by atoms with Crippen molar-refractivity contribution in [3.8, 4) is 0 Å². The van der Waals surface area contributed by atoms with Gasteiger partial charge in [-0.15, -0.1) is 0 Å². The molecule has 0 aromatic rings. The van der Waals surface area contributed by atoms with Crippen LogP contribution < -0.4 is 62.5 Å². The molecule has 0 heterocycles. The van der Waals surface area contributed by atoms with Crippen molar-refractivity contribution in [2.75, 3.05) is 0 Å². The number of hydrogen-bond donors (Lipinski definition) is 0. The van der Waals surface area contributed by atoms with Gasteiger partial charge in [-0.2, -0.15) is 0 Å². The Morgan fingerprint density at radius 2 is 0.750 bits per heavy atom. The first-order valence-electron chi connectivity index (χ1n) is 0.567. The van der Waals surface area contributed by atoms with E-state index < -0.39 is 29.9 Å². The minimum atomic E-state index is -2.24. The molecule has 8 heavy (non-hydrogen) atoms. The minimum absolute atomic E-state index is 0. The van der Waals surface area contributed by atoms with E-state index in [0.29, 0.717) is 0 Å². The molecule has 0 fully saturated rings. The first-order chi connectivity index (χ1) is 1.73. The van der Waals surface area contributed by atoms with Crippen molar-refractivity contribution in [3.63, 3.8) is 0 Å². The molecule has 0 nitrogen and oxygen atoms in total. The summed E-state index contributed by atoms with van der Waals surface area (Å²) >= 11 is -2.24. The Kier molecular flexibility index (Phi) is 83.2. The van der Waals surface area contributed by atoms with E-state index in [9.17, 15) is 0 Å². The molecular weight excluding hydrogens is 335 g/mol. The first-order valence-corrected chi connectivity index (χ1v) is 12.6. The molecule has 0 aliphatic heterocycles. The maximum Gasteiger partial charge on any atom is 1.00 e. The Morgan fingerprint density at radius 3 is 0.750 bits per heavy atom. The van der Waals surface area contributed by atoms with Gasteiger partial charge in [0.2, 0.25) is 0 Å². The van der Waals surface area contributed by atoms with Gasteiger partial charge >= 0.3 is 85.0 Å². The van der Waals surface area contributed by atoms with Gasteiger partial charge < -0.3 is 24.8 Å². The van der Waals surface area contributed by atoms with Crippen molar-refractivity contribution in [3.05, 3.63) is 0 Å². The molecule has 0 saturated heterocycles. The first kappa shape index (κ1) is 29.6. The van der Waals surface area contributed by atoms with Gasteiger partial charge in [-0.1, -0.05) is 0 Å². The molecule has 0 rings (SSSR count). The molecule has 41 valence electrons. The fraction of sp³-hybridized carbons (Fsp3) is 0. The molecule has 8 heteroatoms. The zero-order valence-electron chi connectivity index (χ0n) is 4.39. The topological polar surface area (TPSA) is 0 Å². The normalized spacial score (nSPS) is 3.38. The van der Waals surface area contributed by atoms with Crippen molar-refractivity contribution in [2.45, 2.75) is 0 Å². The van der Waals surface area contributed by atoms with E-state index in [1.54, 1.807) is 0 Å². The molecule has 0 aliphatic rings. The van der Waals surface area contributed by atoms with Gasteiger partial charge in [0.1, 0.15) is 0 Å². The van der Waals surface area contributed by atoms with Gasteiger partial charge in [0.05, 0.1) is 0 Å². The quantitative estimate of drug-likeness (QED) is 0.386. The summed E-state index contributed by atoms with van der Waals surface area (Å²) in [7, 11) is 0. The molecule has 0 N–H and O–H groups in total.